The zero-order chi connectivity index (χ0) is 11.3. The first-order valence-corrected chi connectivity index (χ1v) is 4.84. The van der Waals surface area contributed by atoms with Gasteiger partial charge in [-0.3, -0.25) is 4.79 Å². The molecule has 0 aliphatic heterocycles. The number of amides is 1. The van der Waals surface area contributed by atoms with Crippen molar-refractivity contribution in [3.8, 4) is 6.07 Å². The highest BCUT2D eigenvalue weighted by Gasteiger charge is 2.05. The fourth-order valence-corrected chi connectivity index (χ4v) is 1.22. The second-order valence-corrected chi connectivity index (χ2v) is 3.53. The molecule has 0 aromatic carbocycles. The number of rotatable bonds is 4. The van der Waals surface area contributed by atoms with E-state index in [9.17, 15) is 4.79 Å². The molecule has 0 bridgehead atoms. The van der Waals surface area contributed by atoms with Crippen LogP contribution < -0.4 is 5.32 Å². The third kappa shape index (κ3) is 3.43. The van der Waals surface area contributed by atoms with Gasteiger partial charge in [0.1, 0.15) is 6.07 Å². The van der Waals surface area contributed by atoms with Crippen molar-refractivity contribution in [2.75, 3.05) is 0 Å². The van der Waals surface area contributed by atoms with E-state index in [0.29, 0.717) is 18.8 Å². The fourth-order valence-electron chi connectivity index (χ4n) is 1.22. The van der Waals surface area contributed by atoms with Crippen LogP contribution in [0.1, 0.15) is 26.1 Å². The van der Waals surface area contributed by atoms with Crippen LogP contribution in [0.5, 0.6) is 0 Å². The summed E-state index contributed by atoms with van der Waals surface area (Å²) in [5.74, 6) is 0.329. The molecule has 1 N–H and O–H groups in total. The zero-order valence-electron chi connectivity index (χ0n) is 8.90. The number of imidazole rings is 1. The maximum absolute atomic E-state index is 11.3. The molecule has 0 unspecified atom stereocenters. The SMILES string of the molecule is CC(C)NC(=O)CCn1ccnc1C#N. The quantitative estimate of drug-likeness (QED) is 0.787. The Labute approximate surface area is 88.7 Å². The lowest BCUT2D eigenvalue weighted by Gasteiger charge is -2.08. The van der Waals surface area contributed by atoms with Gasteiger partial charge in [-0.2, -0.15) is 5.26 Å². The normalized spacial score (nSPS) is 10.0. The van der Waals surface area contributed by atoms with Crippen LogP contribution in [-0.4, -0.2) is 21.5 Å². The number of hydrogen-bond donors (Lipinski definition) is 1. The summed E-state index contributed by atoms with van der Waals surface area (Å²) in [6, 6.07) is 2.11. The highest BCUT2D eigenvalue weighted by Crippen LogP contribution is 1.97. The third-order valence-electron chi connectivity index (χ3n) is 1.84. The van der Waals surface area contributed by atoms with E-state index in [4.69, 9.17) is 5.26 Å². The molecular formula is C10H14N4O. The summed E-state index contributed by atoms with van der Waals surface area (Å²) >= 11 is 0. The van der Waals surface area contributed by atoms with Crippen LogP contribution in [-0.2, 0) is 11.3 Å². The zero-order valence-corrected chi connectivity index (χ0v) is 8.90. The first kappa shape index (κ1) is 11.2. The summed E-state index contributed by atoms with van der Waals surface area (Å²) in [4.78, 5) is 15.2. The Morgan fingerprint density at radius 3 is 3.07 bits per heavy atom. The van der Waals surface area contributed by atoms with Crippen molar-refractivity contribution in [1.82, 2.24) is 14.9 Å². The summed E-state index contributed by atoms with van der Waals surface area (Å²) in [6.07, 6.45) is 3.61. The number of carbonyl (C=O) groups is 1. The van der Waals surface area contributed by atoms with Crippen LogP contribution in [0.15, 0.2) is 12.4 Å². The number of nitrogens with zero attached hydrogens (tertiary/aromatic N) is 3. The Morgan fingerprint density at radius 1 is 1.73 bits per heavy atom. The van der Waals surface area contributed by atoms with Crippen molar-refractivity contribution in [2.45, 2.75) is 32.9 Å². The predicted molar refractivity (Wildman–Crippen MR) is 54.8 cm³/mol. The lowest BCUT2D eigenvalue weighted by Crippen LogP contribution is -2.30. The van der Waals surface area contributed by atoms with Gasteiger partial charge >= 0.3 is 0 Å². The Bertz CT molecular complexity index is 375. The van der Waals surface area contributed by atoms with Gasteiger partial charge in [-0.25, -0.2) is 4.98 Å². The van der Waals surface area contributed by atoms with E-state index in [1.165, 1.54) is 0 Å². The summed E-state index contributed by atoms with van der Waals surface area (Å²) in [7, 11) is 0. The standard InChI is InChI=1S/C10H14N4O/c1-8(2)13-10(15)3-5-14-6-4-12-9(14)7-11/h4,6,8H,3,5H2,1-2H3,(H,13,15). The number of aryl methyl sites for hydroxylation is 1. The van der Waals surface area contributed by atoms with Gasteiger partial charge in [-0.1, -0.05) is 0 Å². The Morgan fingerprint density at radius 2 is 2.47 bits per heavy atom. The van der Waals surface area contributed by atoms with E-state index in [1.54, 1.807) is 17.0 Å². The molecule has 15 heavy (non-hydrogen) atoms. The van der Waals surface area contributed by atoms with E-state index in [1.807, 2.05) is 19.9 Å². The van der Waals surface area contributed by atoms with Crippen molar-refractivity contribution in [3.63, 3.8) is 0 Å². The van der Waals surface area contributed by atoms with Gasteiger partial charge < -0.3 is 9.88 Å². The van der Waals surface area contributed by atoms with E-state index in [-0.39, 0.29) is 11.9 Å². The second kappa shape index (κ2) is 5.15. The first-order chi connectivity index (χ1) is 7.13. The molecule has 1 aromatic rings. The van der Waals surface area contributed by atoms with E-state index >= 15 is 0 Å². The van der Waals surface area contributed by atoms with Crippen LogP contribution in [0.4, 0.5) is 0 Å². The van der Waals surface area contributed by atoms with Gasteiger partial charge in [0.25, 0.3) is 0 Å². The van der Waals surface area contributed by atoms with E-state index in [0.717, 1.165) is 0 Å². The molecular weight excluding hydrogens is 192 g/mol. The second-order valence-electron chi connectivity index (χ2n) is 3.53. The average Bonchev–Trinajstić information content (AvgIpc) is 2.60. The van der Waals surface area contributed by atoms with Crippen LogP contribution in [0.25, 0.3) is 0 Å². The van der Waals surface area contributed by atoms with Crippen molar-refractivity contribution in [3.05, 3.63) is 18.2 Å². The third-order valence-corrected chi connectivity index (χ3v) is 1.84. The molecule has 0 aliphatic carbocycles. The van der Waals surface area contributed by atoms with Crippen molar-refractivity contribution >= 4 is 5.91 Å². The first-order valence-electron chi connectivity index (χ1n) is 4.84. The Kier molecular flexibility index (Phi) is 3.86. The van der Waals surface area contributed by atoms with Crippen LogP contribution in [0.3, 0.4) is 0 Å². The maximum Gasteiger partial charge on any atom is 0.221 e. The highest BCUT2D eigenvalue weighted by atomic mass is 16.1. The summed E-state index contributed by atoms with van der Waals surface area (Å²) in [6.45, 7) is 4.31. The summed E-state index contributed by atoms with van der Waals surface area (Å²) in [5.41, 5.74) is 0. The largest absolute Gasteiger partial charge is 0.354 e. The van der Waals surface area contributed by atoms with E-state index in [2.05, 4.69) is 10.3 Å². The van der Waals surface area contributed by atoms with Crippen molar-refractivity contribution in [2.24, 2.45) is 0 Å². The molecule has 5 nitrogen and oxygen atoms in total. The Balaban J connectivity index is 2.44. The lowest BCUT2D eigenvalue weighted by atomic mass is 10.3. The fraction of sp³-hybridized carbons (Fsp3) is 0.500. The van der Waals surface area contributed by atoms with Gasteiger partial charge in [-0.15, -0.1) is 0 Å². The van der Waals surface area contributed by atoms with Crippen LogP contribution in [0.2, 0.25) is 0 Å². The molecule has 5 heteroatoms. The van der Waals surface area contributed by atoms with E-state index < -0.39 is 0 Å². The lowest BCUT2D eigenvalue weighted by molar-refractivity contribution is -0.121. The molecule has 0 spiro atoms. The minimum absolute atomic E-state index is 0.0115. The van der Waals surface area contributed by atoms with Crippen molar-refractivity contribution < 1.29 is 4.79 Å². The predicted octanol–water partition coefficient (Wildman–Crippen LogP) is 0.669. The van der Waals surface area contributed by atoms with Crippen LogP contribution >= 0.6 is 0 Å². The molecule has 1 amide bonds. The minimum Gasteiger partial charge on any atom is -0.354 e. The average molecular weight is 206 g/mol. The number of hydrogen-bond acceptors (Lipinski definition) is 3. The molecule has 0 aliphatic rings. The number of aromatic nitrogens is 2. The number of nitriles is 1. The molecule has 0 fully saturated rings. The van der Waals surface area contributed by atoms with Gasteiger partial charge in [-0.05, 0) is 13.8 Å². The molecule has 1 aromatic heterocycles. The molecule has 1 rings (SSSR count). The number of nitrogens with one attached hydrogen (secondary N) is 1. The molecule has 0 saturated carbocycles. The summed E-state index contributed by atoms with van der Waals surface area (Å²) in [5, 5.41) is 11.5. The summed E-state index contributed by atoms with van der Waals surface area (Å²) < 4.78 is 1.67. The smallest absolute Gasteiger partial charge is 0.221 e. The molecule has 80 valence electrons. The Hall–Kier alpha value is -1.83. The monoisotopic (exact) mass is 206 g/mol. The van der Waals surface area contributed by atoms with Gasteiger partial charge in [0.2, 0.25) is 11.7 Å². The molecule has 1 heterocycles. The number of carbonyl (C=O) groups excluding carboxylic acids is 1. The highest BCUT2D eigenvalue weighted by molar-refractivity contribution is 5.76. The maximum atomic E-state index is 11.3. The van der Waals surface area contributed by atoms with Crippen LogP contribution in [0, 0.1) is 11.3 Å². The molecule has 0 saturated heterocycles. The van der Waals surface area contributed by atoms with Gasteiger partial charge in [0.05, 0.1) is 0 Å². The topological polar surface area (TPSA) is 70.7 Å². The molecule has 0 atom stereocenters. The van der Waals surface area contributed by atoms with Crippen molar-refractivity contribution in [1.29, 1.82) is 5.26 Å². The molecule has 0 radical (unpaired) electrons. The van der Waals surface area contributed by atoms with Gasteiger partial charge in [0, 0.05) is 31.4 Å². The minimum atomic E-state index is -0.0115. The van der Waals surface area contributed by atoms with Gasteiger partial charge in [0.15, 0.2) is 0 Å².